The van der Waals surface area contributed by atoms with Crippen molar-refractivity contribution in [2.24, 2.45) is 7.05 Å². The van der Waals surface area contributed by atoms with Crippen LogP contribution >= 0.6 is 0 Å². The first kappa shape index (κ1) is 19.2. The zero-order valence-corrected chi connectivity index (χ0v) is 16.5. The fourth-order valence-corrected chi connectivity index (χ4v) is 4.04. The average molecular weight is 395 g/mol. The largest absolute Gasteiger partial charge is 0.481 e. The van der Waals surface area contributed by atoms with Gasteiger partial charge in [-0.05, 0) is 37.0 Å². The molecule has 0 atom stereocenters. The number of aryl methyl sites for hydroxylation is 1. The predicted octanol–water partition coefficient (Wildman–Crippen LogP) is 2.35. The molecule has 0 unspecified atom stereocenters. The maximum absolute atomic E-state index is 12.7. The molecule has 1 aliphatic rings. The fourth-order valence-electron chi connectivity index (χ4n) is 4.04. The molecule has 1 N–H and O–H groups in total. The van der Waals surface area contributed by atoms with E-state index in [0.29, 0.717) is 38.9 Å². The van der Waals surface area contributed by atoms with E-state index in [4.69, 9.17) is 5.11 Å². The van der Waals surface area contributed by atoms with Gasteiger partial charge in [0.05, 0.1) is 13.1 Å². The molecule has 4 heterocycles. The second kappa shape index (κ2) is 8.06. The molecule has 1 amide bonds. The number of fused-ring (bicyclic) bond motifs is 3. The number of unbranched alkanes of at least 4 members (excludes halogenated alkanes) is 1. The number of pyridine rings is 1. The summed E-state index contributed by atoms with van der Waals surface area (Å²) in [5, 5.41) is 9.89. The molecule has 0 saturated carbocycles. The molecule has 0 radical (unpaired) electrons. The summed E-state index contributed by atoms with van der Waals surface area (Å²) in [5.41, 5.74) is 3.31. The minimum absolute atomic E-state index is 0.0859. The molecule has 0 saturated heterocycles. The molecule has 0 fully saturated rings. The molecule has 8 heteroatoms. The summed E-state index contributed by atoms with van der Waals surface area (Å²) in [4.78, 5) is 34.3. The first-order valence-electron chi connectivity index (χ1n) is 9.95. The van der Waals surface area contributed by atoms with E-state index >= 15 is 0 Å². The Balaban J connectivity index is 1.57. The highest BCUT2D eigenvalue weighted by Crippen LogP contribution is 2.30. The molecule has 8 nitrogen and oxygen atoms in total. The van der Waals surface area contributed by atoms with Crippen molar-refractivity contribution >= 4 is 22.9 Å². The Morgan fingerprint density at radius 3 is 2.76 bits per heavy atom. The van der Waals surface area contributed by atoms with Gasteiger partial charge in [-0.1, -0.05) is 0 Å². The predicted molar refractivity (Wildman–Crippen MR) is 107 cm³/mol. The molecule has 3 aromatic rings. The van der Waals surface area contributed by atoms with E-state index in [1.807, 2.05) is 28.8 Å². The Labute approximate surface area is 168 Å². The number of carbonyl (C=O) groups excluding carboxylic acids is 1. The van der Waals surface area contributed by atoms with E-state index in [9.17, 15) is 9.59 Å². The van der Waals surface area contributed by atoms with Crippen LogP contribution in [0.3, 0.4) is 0 Å². The maximum atomic E-state index is 12.7. The average Bonchev–Trinajstić information content (AvgIpc) is 3.26. The van der Waals surface area contributed by atoms with Crippen molar-refractivity contribution in [3.8, 4) is 0 Å². The van der Waals surface area contributed by atoms with Gasteiger partial charge >= 0.3 is 5.97 Å². The van der Waals surface area contributed by atoms with Crippen LogP contribution in [-0.4, -0.2) is 47.5 Å². The Bertz CT molecular complexity index is 1050. The Morgan fingerprint density at radius 1 is 1.17 bits per heavy atom. The molecule has 4 rings (SSSR count). The maximum Gasteiger partial charge on any atom is 0.303 e. The topological polar surface area (TPSA) is 93.3 Å². The van der Waals surface area contributed by atoms with Gasteiger partial charge in [0, 0.05) is 56.1 Å². The van der Waals surface area contributed by atoms with Crippen molar-refractivity contribution in [2.75, 3.05) is 6.54 Å². The third-order valence-corrected chi connectivity index (χ3v) is 5.62. The summed E-state index contributed by atoms with van der Waals surface area (Å²) in [6.45, 7) is 1.84. The van der Waals surface area contributed by atoms with Crippen molar-refractivity contribution in [3.63, 3.8) is 0 Å². The molecular weight excluding hydrogens is 370 g/mol. The van der Waals surface area contributed by atoms with Crippen molar-refractivity contribution in [3.05, 3.63) is 47.8 Å². The monoisotopic (exact) mass is 395 g/mol. The number of carboxylic acids is 1. The van der Waals surface area contributed by atoms with Crippen LogP contribution in [0.15, 0.2) is 30.7 Å². The van der Waals surface area contributed by atoms with Gasteiger partial charge in [-0.3, -0.25) is 9.59 Å². The zero-order chi connectivity index (χ0) is 20.4. The third-order valence-electron chi connectivity index (χ3n) is 5.62. The summed E-state index contributed by atoms with van der Waals surface area (Å²) in [6, 6.07) is 4.05. The number of carboxylic acid groups (broad SMARTS) is 1. The van der Waals surface area contributed by atoms with Crippen LogP contribution in [0.4, 0.5) is 0 Å². The summed E-state index contributed by atoms with van der Waals surface area (Å²) in [7, 11) is 1.97. The lowest BCUT2D eigenvalue weighted by Crippen LogP contribution is -2.36. The highest BCUT2D eigenvalue weighted by atomic mass is 16.4. The molecule has 3 aromatic heterocycles. The third kappa shape index (κ3) is 3.87. The number of aromatic nitrogens is 4. The number of amides is 1. The number of aliphatic carboxylic acids is 1. The van der Waals surface area contributed by atoms with E-state index < -0.39 is 5.97 Å². The zero-order valence-electron chi connectivity index (χ0n) is 16.5. The summed E-state index contributed by atoms with van der Waals surface area (Å²) < 4.78 is 4.17. The number of hydrogen-bond donors (Lipinski definition) is 1. The first-order valence-corrected chi connectivity index (χ1v) is 9.95. The van der Waals surface area contributed by atoms with E-state index in [1.165, 1.54) is 5.56 Å². The van der Waals surface area contributed by atoms with Gasteiger partial charge in [0.15, 0.2) is 0 Å². The van der Waals surface area contributed by atoms with Crippen molar-refractivity contribution in [1.29, 1.82) is 0 Å². The number of carbonyl (C=O) groups is 2. The molecule has 152 valence electrons. The Hall–Kier alpha value is -3.16. The van der Waals surface area contributed by atoms with Gasteiger partial charge in [-0.15, -0.1) is 0 Å². The van der Waals surface area contributed by atoms with E-state index in [-0.39, 0.29) is 12.3 Å². The lowest BCUT2D eigenvalue weighted by atomic mass is 10.0. The van der Waals surface area contributed by atoms with Gasteiger partial charge in [0.2, 0.25) is 5.91 Å². The van der Waals surface area contributed by atoms with Crippen LogP contribution in [0.2, 0.25) is 0 Å². The Morgan fingerprint density at radius 2 is 2.00 bits per heavy atom. The van der Waals surface area contributed by atoms with Crippen LogP contribution < -0.4 is 0 Å². The van der Waals surface area contributed by atoms with Crippen LogP contribution in [0.25, 0.3) is 11.0 Å². The number of rotatable bonds is 7. The first-order chi connectivity index (χ1) is 14.0. The molecule has 0 aromatic carbocycles. The SMILES string of the molecule is Cn1ccnc1Cn1c2c(c3cccnc31)CCN(C(=O)CCCCC(=O)O)C2. The van der Waals surface area contributed by atoms with Crippen molar-refractivity contribution < 1.29 is 14.7 Å². The second-order valence-corrected chi connectivity index (χ2v) is 7.51. The van der Waals surface area contributed by atoms with Gasteiger partial charge in [-0.25, -0.2) is 9.97 Å². The Kier molecular flexibility index (Phi) is 5.33. The van der Waals surface area contributed by atoms with Crippen molar-refractivity contribution in [1.82, 2.24) is 24.0 Å². The standard InChI is InChI=1S/C21H25N5O3/c1-24-12-10-22-18(24)14-26-17-13-25(19(27)6-2-3-7-20(28)29)11-8-15(17)16-5-4-9-23-21(16)26/h4-5,9-10,12H,2-3,6-8,11,13-14H2,1H3,(H,28,29). The lowest BCUT2D eigenvalue weighted by Gasteiger charge is -2.28. The molecule has 0 spiro atoms. The molecule has 0 aliphatic carbocycles. The van der Waals surface area contributed by atoms with E-state index in [1.54, 1.807) is 12.4 Å². The quantitative estimate of drug-likeness (QED) is 0.620. The number of nitrogens with zero attached hydrogens (tertiary/aromatic N) is 5. The molecule has 29 heavy (non-hydrogen) atoms. The highest BCUT2D eigenvalue weighted by Gasteiger charge is 2.27. The normalized spacial score (nSPS) is 13.6. The lowest BCUT2D eigenvalue weighted by molar-refractivity contribution is -0.137. The molecule has 1 aliphatic heterocycles. The van der Waals surface area contributed by atoms with Gasteiger partial charge in [0.1, 0.15) is 11.5 Å². The summed E-state index contributed by atoms with van der Waals surface area (Å²) in [5.74, 6) is 0.210. The summed E-state index contributed by atoms with van der Waals surface area (Å²) in [6.07, 6.45) is 7.94. The van der Waals surface area contributed by atoms with Gasteiger partial charge < -0.3 is 19.1 Å². The van der Waals surface area contributed by atoms with E-state index in [2.05, 4.69) is 20.6 Å². The minimum atomic E-state index is -0.814. The van der Waals surface area contributed by atoms with Crippen LogP contribution in [0, 0.1) is 0 Å². The fraction of sp³-hybridized carbons (Fsp3) is 0.429. The van der Waals surface area contributed by atoms with Crippen LogP contribution in [0.5, 0.6) is 0 Å². The highest BCUT2D eigenvalue weighted by molar-refractivity contribution is 5.84. The van der Waals surface area contributed by atoms with E-state index in [0.717, 1.165) is 29.0 Å². The van der Waals surface area contributed by atoms with Crippen LogP contribution in [0.1, 0.15) is 42.8 Å². The molecule has 0 bridgehead atoms. The number of imidazole rings is 1. The second-order valence-electron chi connectivity index (χ2n) is 7.51. The van der Waals surface area contributed by atoms with Crippen molar-refractivity contribution in [2.45, 2.75) is 45.2 Å². The van der Waals surface area contributed by atoms with Crippen LogP contribution in [-0.2, 0) is 36.1 Å². The summed E-state index contributed by atoms with van der Waals surface area (Å²) >= 11 is 0. The minimum Gasteiger partial charge on any atom is -0.481 e. The smallest absolute Gasteiger partial charge is 0.303 e. The van der Waals surface area contributed by atoms with Gasteiger partial charge in [0.25, 0.3) is 0 Å². The molecular formula is C21H25N5O3. The number of hydrogen-bond acceptors (Lipinski definition) is 4. The van der Waals surface area contributed by atoms with Gasteiger partial charge in [-0.2, -0.15) is 0 Å².